The summed E-state index contributed by atoms with van der Waals surface area (Å²) in [7, 11) is 0. The molecule has 1 N–H and O–H groups in total. The van der Waals surface area contributed by atoms with Gasteiger partial charge >= 0.3 is 0 Å². The van der Waals surface area contributed by atoms with Crippen LogP contribution < -0.4 is 5.32 Å². The van der Waals surface area contributed by atoms with Crippen LogP contribution in [0.1, 0.15) is 28.3 Å². The van der Waals surface area contributed by atoms with Crippen LogP contribution in [0.15, 0.2) is 65.3 Å². The van der Waals surface area contributed by atoms with Crippen LogP contribution in [0, 0.1) is 5.82 Å². The SMILES string of the molecule is O=C(/C=C/c1ccc(-c2ccc(F)cc2)s1)NC1CCN(C(=O)c2ccco2)CC1. The molecule has 1 aromatic carbocycles. The third-order valence-corrected chi connectivity index (χ3v) is 6.11. The third-order valence-electron chi connectivity index (χ3n) is 5.02. The number of piperidine rings is 1. The summed E-state index contributed by atoms with van der Waals surface area (Å²) in [5, 5.41) is 3.00. The molecule has 0 unspecified atom stereocenters. The second-order valence-electron chi connectivity index (χ2n) is 7.09. The minimum absolute atomic E-state index is 0.0425. The van der Waals surface area contributed by atoms with Gasteiger partial charge in [-0.25, -0.2) is 4.39 Å². The second kappa shape index (κ2) is 9.09. The van der Waals surface area contributed by atoms with Crippen molar-refractivity contribution in [3.05, 3.63) is 77.3 Å². The summed E-state index contributed by atoms with van der Waals surface area (Å²) in [5.74, 6) is -0.179. The molecule has 1 aliphatic rings. The molecule has 4 rings (SSSR count). The lowest BCUT2D eigenvalue weighted by Crippen LogP contribution is -2.46. The van der Waals surface area contributed by atoms with E-state index in [1.54, 1.807) is 35.2 Å². The van der Waals surface area contributed by atoms with Crippen molar-refractivity contribution in [1.29, 1.82) is 0 Å². The highest BCUT2D eigenvalue weighted by Crippen LogP contribution is 2.29. The molecule has 3 heterocycles. The van der Waals surface area contributed by atoms with Crippen molar-refractivity contribution in [2.75, 3.05) is 13.1 Å². The predicted molar refractivity (Wildman–Crippen MR) is 115 cm³/mol. The molecular formula is C23H21FN2O3S. The highest BCUT2D eigenvalue weighted by atomic mass is 32.1. The lowest BCUT2D eigenvalue weighted by molar-refractivity contribution is -0.117. The van der Waals surface area contributed by atoms with Crippen molar-refractivity contribution < 1.29 is 18.4 Å². The number of benzene rings is 1. The minimum Gasteiger partial charge on any atom is -0.459 e. The first-order valence-corrected chi connectivity index (χ1v) is 10.6. The van der Waals surface area contributed by atoms with E-state index in [1.165, 1.54) is 35.8 Å². The van der Waals surface area contributed by atoms with E-state index in [0.29, 0.717) is 31.7 Å². The van der Waals surface area contributed by atoms with Crippen molar-refractivity contribution in [3.63, 3.8) is 0 Å². The van der Waals surface area contributed by atoms with Crippen molar-refractivity contribution in [2.45, 2.75) is 18.9 Å². The summed E-state index contributed by atoms with van der Waals surface area (Å²) in [6, 6.07) is 13.6. The van der Waals surface area contributed by atoms with Crippen molar-refractivity contribution in [3.8, 4) is 10.4 Å². The monoisotopic (exact) mass is 424 g/mol. The number of nitrogens with zero attached hydrogens (tertiary/aromatic N) is 1. The Bertz CT molecular complexity index is 1030. The van der Waals surface area contributed by atoms with Gasteiger partial charge in [-0.15, -0.1) is 11.3 Å². The Morgan fingerprint density at radius 3 is 2.57 bits per heavy atom. The van der Waals surface area contributed by atoms with Crippen LogP contribution in [0.3, 0.4) is 0 Å². The number of amides is 2. The molecule has 1 saturated heterocycles. The molecule has 2 amide bonds. The number of carbonyl (C=O) groups excluding carboxylic acids is 2. The van der Waals surface area contributed by atoms with Crippen LogP contribution in [0.5, 0.6) is 0 Å². The quantitative estimate of drug-likeness (QED) is 0.610. The van der Waals surface area contributed by atoms with Crippen LogP contribution in [0.4, 0.5) is 4.39 Å². The van der Waals surface area contributed by atoms with Gasteiger partial charge in [-0.3, -0.25) is 9.59 Å². The molecule has 154 valence electrons. The molecule has 5 nitrogen and oxygen atoms in total. The van der Waals surface area contributed by atoms with E-state index >= 15 is 0 Å². The van der Waals surface area contributed by atoms with Gasteiger partial charge in [0.1, 0.15) is 5.82 Å². The van der Waals surface area contributed by atoms with Gasteiger partial charge in [0, 0.05) is 35.0 Å². The molecular weight excluding hydrogens is 403 g/mol. The smallest absolute Gasteiger partial charge is 0.289 e. The first kappa shape index (κ1) is 20.1. The Balaban J connectivity index is 1.27. The van der Waals surface area contributed by atoms with E-state index in [9.17, 15) is 14.0 Å². The normalized spacial score (nSPS) is 14.9. The molecule has 2 aromatic heterocycles. The summed E-state index contributed by atoms with van der Waals surface area (Å²) >= 11 is 1.54. The second-order valence-corrected chi connectivity index (χ2v) is 8.21. The maximum Gasteiger partial charge on any atom is 0.289 e. The Morgan fingerprint density at radius 1 is 1.10 bits per heavy atom. The number of furan rings is 1. The molecule has 7 heteroatoms. The predicted octanol–water partition coefficient (Wildman–Crippen LogP) is 4.58. The van der Waals surface area contributed by atoms with Crippen molar-refractivity contribution >= 4 is 29.2 Å². The van der Waals surface area contributed by atoms with Crippen LogP contribution in [-0.2, 0) is 4.79 Å². The van der Waals surface area contributed by atoms with E-state index in [2.05, 4.69) is 5.32 Å². The third kappa shape index (κ3) is 4.86. The topological polar surface area (TPSA) is 62.6 Å². The number of halogens is 1. The van der Waals surface area contributed by atoms with Gasteiger partial charge in [0.05, 0.1) is 6.26 Å². The first-order valence-electron chi connectivity index (χ1n) is 9.75. The average molecular weight is 424 g/mol. The number of hydrogen-bond donors (Lipinski definition) is 1. The molecule has 0 saturated carbocycles. The van der Waals surface area contributed by atoms with Gasteiger partial charge in [0.2, 0.25) is 5.91 Å². The highest BCUT2D eigenvalue weighted by Gasteiger charge is 2.25. The maximum absolute atomic E-state index is 13.1. The van der Waals surface area contributed by atoms with Gasteiger partial charge in [0.15, 0.2) is 5.76 Å². The zero-order valence-electron chi connectivity index (χ0n) is 16.2. The Hall–Kier alpha value is -3.19. The fourth-order valence-corrected chi connectivity index (χ4v) is 4.32. The Labute approximate surface area is 177 Å². The van der Waals surface area contributed by atoms with E-state index < -0.39 is 0 Å². The molecule has 0 atom stereocenters. The van der Waals surface area contributed by atoms with E-state index in [4.69, 9.17) is 4.42 Å². The van der Waals surface area contributed by atoms with Crippen LogP contribution >= 0.6 is 11.3 Å². The summed E-state index contributed by atoms with van der Waals surface area (Å²) in [6.45, 7) is 1.17. The number of nitrogens with one attached hydrogen (secondary N) is 1. The summed E-state index contributed by atoms with van der Waals surface area (Å²) < 4.78 is 18.2. The lowest BCUT2D eigenvalue weighted by atomic mass is 10.0. The van der Waals surface area contributed by atoms with E-state index in [0.717, 1.165) is 15.3 Å². The molecule has 0 bridgehead atoms. The molecule has 30 heavy (non-hydrogen) atoms. The number of rotatable bonds is 5. The van der Waals surface area contributed by atoms with Crippen LogP contribution in [-0.4, -0.2) is 35.8 Å². The maximum atomic E-state index is 13.1. The van der Waals surface area contributed by atoms with Gasteiger partial charge in [0.25, 0.3) is 5.91 Å². The standard InChI is InChI=1S/C23H21FN2O3S/c24-17-5-3-16(4-6-17)21-9-7-19(30-21)8-10-22(27)25-18-11-13-26(14-12-18)23(28)20-2-1-15-29-20/h1-10,15,18H,11-14H2,(H,25,27)/b10-8+. The van der Waals surface area contributed by atoms with E-state index in [-0.39, 0.29) is 23.7 Å². The summed E-state index contributed by atoms with van der Waals surface area (Å²) in [4.78, 5) is 28.3. The number of thiophene rings is 1. The van der Waals surface area contributed by atoms with Gasteiger partial charge in [-0.1, -0.05) is 12.1 Å². The van der Waals surface area contributed by atoms with Crippen molar-refractivity contribution in [1.82, 2.24) is 10.2 Å². The molecule has 0 aliphatic carbocycles. The molecule has 1 aliphatic heterocycles. The minimum atomic E-state index is -0.261. The zero-order valence-corrected chi connectivity index (χ0v) is 17.0. The summed E-state index contributed by atoms with van der Waals surface area (Å²) in [6.07, 6.45) is 6.21. The Morgan fingerprint density at radius 2 is 1.87 bits per heavy atom. The van der Waals surface area contributed by atoms with Gasteiger partial charge < -0.3 is 14.6 Å². The largest absolute Gasteiger partial charge is 0.459 e. The molecule has 0 spiro atoms. The summed E-state index contributed by atoms with van der Waals surface area (Å²) in [5.41, 5.74) is 0.946. The van der Waals surface area contributed by atoms with Crippen LogP contribution in [0.2, 0.25) is 0 Å². The molecule has 0 radical (unpaired) electrons. The van der Waals surface area contributed by atoms with Gasteiger partial charge in [-0.05, 0) is 60.9 Å². The fourth-order valence-electron chi connectivity index (χ4n) is 3.40. The van der Waals surface area contributed by atoms with Crippen LogP contribution in [0.25, 0.3) is 16.5 Å². The highest BCUT2D eigenvalue weighted by molar-refractivity contribution is 7.16. The fraction of sp³-hybridized carbons (Fsp3) is 0.217. The first-order chi connectivity index (χ1) is 14.6. The molecule has 3 aromatic rings. The lowest BCUT2D eigenvalue weighted by Gasteiger charge is -2.31. The molecule has 1 fully saturated rings. The number of carbonyl (C=O) groups is 2. The number of hydrogen-bond acceptors (Lipinski definition) is 4. The van der Waals surface area contributed by atoms with E-state index in [1.807, 2.05) is 12.1 Å². The Kier molecular flexibility index (Phi) is 6.09. The zero-order chi connectivity index (χ0) is 20.9. The van der Waals surface area contributed by atoms with Crippen molar-refractivity contribution in [2.24, 2.45) is 0 Å². The number of likely N-dealkylation sites (tertiary alicyclic amines) is 1. The van der Waals surface area contributed by atoms with Gasteiger partial charge in [-0.2, -0.15) is 0 Å². The average Bonchev–Trinajstić information content (AvgIpc) is 3.45.